The van der Waals surface area contributed by atoms with E-state index in [4.69, 9.17) is 0 Å². The molecule has 0 bridgehead atoms. The predicted molar refractivity (Wildman–Crippen MR) is 89.8 cm³/mol. The Bertz CT molecular complexity index is 309. The van der Waals surface area contributed by atoms with Gasteiger partial charge in [0.25, 0.3) is 0 Å². The number of hydrogen-bond donors (Lipinski definition) is 0. The average Bonchev–Trinajstić information content (AvgIpc) is 2.49. The topological polar surface area (TPSA) is 0 Å². The second-order valence-corrected chi connectivity index (χ2v) is 7.33. The van der Waals surface area contributed by atoms with Crippen LogP contribution in [0, 0.1) is 23.7 Å². The van der Waals surface area contributed by atoms with Crippen LogP contribution in [-0.4, -0.2) is 0 Å². The Morgan fingerprint density at radius 3 is 2.10 bits per heavy atom. The standard InChI is InChI=1S/C20H34/c1-4-6-18-11-13-20(14-12-18)16(3)15-19-9-7-17(5-2)8-10-19/h5,15,17-20H,2,4,6-14H2,1,3H3. The summed E-state index contributed by atoms with van der Waals surface area (Å²) in [6.07, 6.45) is 19.0. The van der Waals surface area contributed by atoms with Gasteiger partial charge in [-0.15, -0.1) is 6.58 Å². The van der Waals surface area contributed by atoms with Crippen LogP contribution in [0.1, 0.15) is 78.1 Å². The van der Waals surface area contributed by atoms with Gasteiger partial charge in [0, 0.05) is 0 Å². The molecule has 0 atom stereocenters. The van der Waals surface area contributed by atoms with Crippen LogP contribution in [0.2, 0.25) is 0 Å². The van der Waals surface area contributed by atoms with Crippen LogP contribution in [0.25, 0.3) is 0 Å². The summed E-state index contributed by atoms with van der Waals surface area (Å²) >= 11 is 0. The molecule has 2 aliphatic carbocycles. The minimum Gasteiger partial charge on any atom is -0.103 e. The van der Waals surface area contributed by atoms with Crippen LogP contribution in [-0.2, 0) is 0 Å². The van der Waals surface area contributed by atoms with Crippen molar-refractivity contribution in [2.24, 2.45) is 23.7 Å². The first-order chi connectivity index (χ1) is 9.72. The Balaban J connectivity index is 1.78. The molecule has 2 fully saturated rings. The third-order valence-corrected chi connectivity index (χ3v) is 5.84. The highest BCUT2D eigenvalue weighted by Crippen LogP contribution is 2.37. The second-order valence-electron chi connectivity index (χ2n) is 7.33. The highest BCUT2D eigenvalue weighted by molar-refractivity contribution is 5.08. The molecule has 0 aliphatic heterocycles. The van der Waals surface area contributed by atoms with Gasteiger partial charge in [0.1, 0.15) is 0 Å². The Morgan fingerprint density at radius 1 is 0.950 bits per heavy atom. The number of hydrogen-bond acceptors (Lipinski definition) is 0. The van der Waals surface area contributed by atoms with Crippen LogP contribution in [0.3, 0.4) is 0 Å². The summed E-state index contributed by atoms with van der Waals surface area (Å²) in [5, 5.41) is 0. The SMILES string of the molecule is C=CC1CCC(C=C(C)C2CCC(CCC)CC2)CC1. The maximum absolute atomic E-state index is 3.95. The fraction of sp³-hybridized carbons (Fsp3) is 0.800. The molecule has 0 aromatic rings. The molecule has 0 spiro atoms. The Morgan fingerprint density at radius 2 is 1.55 bits per heavy atom. The van der Waals surface area contributed by atoms with Crippen molar-refractivity contribution < 1.29 is 0 Å². The van der Waals surface area contributed by atoms with Gasteiger partial charge in [0.05, 0.1) is 0 Å². The van der Waals surface area contributed by atoms with Crippen LogP contribution < -0.4 is 0 Å². The van der Waals surface area contributed by atoms with Crippen molar-refractivity contribution in [3.8, 4) is 0 Å². The number of allylic oxidation sites excluding steroid dienone is 3. The van der Waals surface area contributed by atoms with Gasteiger partial charge in [-0.2, -0.15) is 0 Å². The highest BCUT2D eigenvalue weighted by atomic mass is 14.3. The molecule has 0 saturated heterocycles. The first-order valence-electron chi connectivity index (χ1n) is 9.03. The van der Waals surface area contributed by atoms with Crippen molar-refractivity contribution >= 4 is 0 Å². The quantitative estimate of drug-likeness (QED) is 0.500. The Hall–Kier alpha value is -0.520. The fourth-order valence-corrected chi connectivity index (χ4v) is 4.37. The zero-order valence-electron chi connectivity index (χ0n) is 13.7. The number of rotatable bonds is 5. The molecule has 0 amide bonds. The van der Waals surface area contributed by atoms with Crippen LogP contribution in [0.4, 0.5) is 0 Å². The van der Waals surface area contributed by atoms with Gasteiger partial charge in [-0.25, -0.2) is 0 Å². The minimum atomic E-state index is 0.796. The molecule has 2 aliphatic rings. The lowest BCUT2D eigenvalue weighted by Gasteiger charge is -2.30. The lowest BCUT2D eigenvalue weighted by atomic mass is 9.75. The van der Waals surface area contributed by atoms with Crippen molar-refractivity contribution in [1.82, 2.24) is 0 Å². The highest BCUT2D eigenvalue weighted by Gasteiger charge is 2.23. The van der Waals surface area contributed by atoms with Gasteiger partial charge < -0.3 is 0 Å². The van der Waals surface area contributed by atoms with Gasteiger partial charge in [-0.05, 0) is 82.0 Å². The van der Waals surface area contributed by atoms with Gasteiger partial charge >= 0.3 is 0 Å². The van der Waals surface area contributed by atoms with Crippen molar-refractivity contribution in [2.45, 2.75) is 78.1 Å². The van der Waals surface area contributed by atoms with E-state index in [1.54, 1.807) is 5.57 Å². The van der Waals surface area contributed by atoms with Gasteiger partial charge in [0.2, 0.25) is 0 Å². The molecular weight excluding hydrogens is 240 g/mol. The van der Waals surface area contributed by atoms with Crippen molar-refractivity contribution in [3.63, 3.8) is 0 Å². The predicted octanol–water partition coefficient (Wildman–Crippen LogP) is 6.53. The molecular formula is C20H34. The van der Waals surface area contributed by atoms with E-state index in [9.17, 15) is 0 Å². The maximum Gasteiger partial charge on any atom is -0.0206 e. The van der Waals surface area contributed by atoms with E-state index >= 15 is 0 Å². The monoisotopic (exact) mass is 274 g/mol. The van der Waals surface area contributed by atoms with E-state index in [2.05, 4.69) is 32.6 Å². The van der Waals surface area contributed by atoms with Crippen molar-refractivity contribution in [3.05, 3.63) is 24.3 Å². The molecule has 0 nitrogen and oxygen atoms in total. The maximum atomic E-state index is 3.95. The molecule has 114 valence electrons. The molecule has 0 unspecified atom stereocenters. The zero-order valence-corrected chi connectivity index (χ0v) is 13.7. The van der Waals surface area contributed by atoms with E-state index in [0.717, 1.165) is 23.7 Å². The summed E-state index contributed by atoms with van der Waals surface area (Å²) in [5.74, 6) is 3.59. The Kier molecular flexibility index (Phi) is 6.39. The summed E-state index contributed by atoms with van der Waals surface area (Å²) in [6, 6.07) is 0. The summed E-state index contributed by atoms with van der Waals surface area (Å²) in [4.78, 5) is 0. The molecule has 0 aromatic heterocycles. The van der Waals surface area contributed by atoms with Crippen LogP contribution in [0.5, 0.6) is 0 Å². The average molecular weight is 274 g/mol. The first-order valence-corrected chi connectivity index (χ1v) is 9.03. The molecule has 0 N–H and O–H groups in total. The normalized spacial score (nSPS) is 35.8. The molecule has 20 heavy (non-hydrogen) atoms. The third kappa shape index (κ3) is 4.50. The molecule has 0 radical (unpaired) electrons. The molecule has 2 saturated carbocycles. The van der Waals surface area contributed by atoms with Crippen LogP contribution >= 0.6 is 0 Å². The third-order valence-electron chi connectivity index (χ3n) is 5.84. The molecule has 0 heteroatoms. The fourth-order valence-electron chi connectivity index (χ4n) is 4.37. The Labute approximate surface area is 126 Å². The van der Waals surface area contributed by atoms with Crippen LogP contribution in [0.15, 0.2) is 24.3 Å². The molecule has 0 aromatic carbocycles. The van der Waals surface area contributed by atoms with E-state index in [-0.39, 0.29) is 0 Å². The van der Waals surface area contributed by atoms with Crippen molar-refractivity contribution in [1.29, 1.82) is 0 Å². The van der Waals surface area contributed by atoms with E-state index < -0.39 is 0 Å². The zero-order chi connectivity index (χ0) is 14.4. The van der Waals surface area contributed by atoms with E-state index in [1.807, 2.05) is 0 Å². The largest absolute Gasteiger partial charge is 0.103 e. The van der Waals surface area contributed by atoms with E-state index in [1.165, 1.54) is 64.2 Å². The van der Waals surface area contributed by atoms with Gasteiger partial charge in [-0.3, -0.25) is 0 Å². The molecule has 2 rings (SSSR count). The molecule has 0 heterocycles. The summed E-state index contributed by atoms with van der Waals surface area (Å²) in [5.41, 5.74) is 1.71. The lowest BCUT2D eigenvalue weighted by molar-refractivity contribution is 0.283. The lowest BCUT2D eigenvalue weighted by Crippen LogP contribution is -2.17. The van der Waals surface area contributed by atoms with Crippen molar-refractivity contribution in [2.75, 3.05) is 0 Å². The summed E-state index contributed by atoms with van der Waals surface area (Å²) in [7, 11) is 0. The first kappa shape index (κ1) is 15.9. The van der Waals surface area contributed by atoms with E-state index in [0.29, 0.717) is 0 Å². The summed E-state index contributed by atoms with van der Waals surface area (Å²) < 4.78 is 0. The smallest absolute Gasteiger partial charge is 0.0206 e. The summed E-state index contributed by atoms with van der Waals surface area (Å²) in [6.45, 7) is 8.69. The van der Waals surface area contributed by atoms with Gasteiger partial charge in [0.15, 0.2) is 0 Å². The van der Waals surface area contributed by atoms with Gasteiger partial charge in [-0.1, -0.05) is 37.5 Å². The second kappa shape index (κ2) is 8.05. The minimum absolute atomic E-state index is 0.796.